The van der Waals surface area contributed by atoms with Gasteiger partial charge in [0.2, 0.25) is 0 Å². The Kier molecular flexibility index (Phi) is 6.58. The van der Waals surface area contributed by atoms with Crippen molar-refractivity contribution in [2.24, 2.45) is 0 Å². The number of amides is 1. The van der Waals surface area contributed by atoms with E-state index in [0.29, 0.717) is 5.69 Å². The average Bonchev–Trinajstić information content (AvgIpc) is 2.75. The number of nitrogens with two attached hydrogens (primary N) is 1. The minimum Gasteiger partial charge on any atom is -0.397 e. The van der Waals surface area contributed by atoms with Crippen LogP contribution < -0.4 is 16.0 Å². The second-order valence-corrected chi connectivity index (χ2v) is 7.83. The summed E-state index contributed by atoms with van der Waals surface area (Å²) in [5.41, 5.74) is 7.10. The van der Waals surface area contributed by atoms with Gasteiger partial charge < -0.3 is 16.0 Å². The van der Waals surface area contributed by atoms with Crippen molar-refractivity contribution < 1.29 is 13.6 Å². The van der Waals surface area contributed by atoms with Gasteiger partial charge in [0.1, 0.15) is 11.6 Å². The van der Waals surface area contributed by atoms with Gasteiger partial charge in [0, 0.05) is 19.3 Å². The lowest BCUT2D eigenvalue weighted by atomic mass is 10.1. The zero-order valence-electron chi connectivity index (χ0n) is 17.7. The van der Waals surface area contributed by atoms with Crippen LogP contribution in [0.2, 0.25) is 0 Å². The van der Waals surface area contributed by atoms with Crippen molar-refractivity contribution in [3.63, 3.8) is 0 Å². The molecule has 1 saturated heterocycles. The van der Waals surface area contributed by atoms with E-state index in [1.165, 1.54) is 37.5 Å². The maximum atomic E-state index is 14.2. The summed E-state index contributed by atoms with van der Waals surface area (Å²) < 4.78 is 28.4. The predicted molar refractivity (Wildman–Crippen MR) is 121 cm³/mol. The Morgan fingerprint density at radius 1 is 0.969 bits per heavy atom. The van der Waals surface area contributed by atoms with Crippen LogP contribution in [0.5, 0.6) is 0 Å². The molecule has 32 heavy (non-hydrogen) atoms. The van der Waals surface area contributed by atoms with Gasteiger partial charge in [-0.3, -0.25) is 9.78 Å². The number of pyridine rings is 2. The van der Waals surface area contributed by atoms with Crippen LogP contribution >= 0.6 is 0 Å². The SMILES string of the molecule is Nc1ccc(-c2c(F)cccc2F)nc1C(=O)Nc1cnccc1N1CCCCCCC1. The zero-order valence-corrected chi connectivity index (χ0v) is 17.7. The first-order chi connectivity index (χ1) is 15.5. The third-order valence-corrected chi connectivity index (χ3v) is 5.60. The minimum atomic E-state index is -0.764. The smallest absolute Gasteiger partial charge is 0.276 e. The van der Waals surface area contributed by atoms with Gasteiger partial charge in [0.05, 0.1) is 34.5 Å². The molecular weight excluding hydrogens is 412 g/mol. The second kappa shape index (κ2) is 9.72. The van der Waals surface area contributed by atoms with Crippen LogP contribution in [0.4, 0.5) is 25.8 Å². The highest BCUT2D eigenvalue weighted by molar-refractivity contribution is 6.07. The van der Waals surface area contributed by atoms with Crippen molar-refractivity contribution in [3.8, 4) is 11.3 Å². The molecule has 1 amide bonds. The number of aromatic nitrogens is 2. The Hall–Kier alpha value is -3.55. The quantitative estimate of drug-likeness (QED) is 0.598. The van der Waals surface area contributed by atoms with Crippen LogP contribution in [0, 0.1) is 11.6 Å². The van der Waals surface area contributed by atoms with E-state index in [1.807, 2.05) is 6.07 Å². The molecule has 0 aliphatic carbocycles. The monoisotopic (exact) mass is 437 g/mol. The highest BCUT2D eigenvalue weighted by Gasteiger charge is 2.20. The number of carbonyl (C=O) groups is 1. The molecule has 8 heteroatoms. The molecule has 0 saturated carbocycles. The molecule has 4 rings (SSSR count). The van der Waals surface area contributed by atoms with Crippen molar-refractivity contribution in [1.82, 2.24) is 9.97 Å². The number of nitrogens with one attached hydrogen (secondary N) is 1. The van der Waals surface area contributed by atoms with Crippen LogP contribution in [-0.4, -0.2) is 29.0 Å². The van der Waals surface area contributed by atoms with E-state index in [4.69, 9.17) is 5.73 Å². The van der Waals surface area contributed by atoms with Crippen molar-refractivity contribution in [3.05, 3.63) is 66.1 Å². The van der Waals surface area contributed by atoms with Crippen molar-refractivity contribution in [2.75, 3.05) is 29.0 Å². The molecule has 1 aliphatic heterocycles. The Balaban J connectivity index is 1.63. The molecule has 3 N–H and O–H groups in total. The zero-order chi connectivity index (χ0) is 22.5. The Morgan fingerprint density at radius 3 is 2.38 bits per heavy atom. The summed E-state index contributed by atoms with van der Waals surface area (Å²) in [5.74, 6) is -2.09. The number of benzene rings is 1. The fraction of sp³-hybridized carbons (Fsp3) is 0.292. The van der Waals surface area contributed by atoms with E-state index < -0.39 is 17.5 Å². The number of carbonyl (C=O) groups excluding carboxylic acids is 1. The van der Waals surface area contributed by atoms with E-state index in [9.17, 15) is 13.6 Å². The van der Waals surface area contributed by atoms with Gasteiger partial charge in [-0.1, -0.05) is 25.3 Å². The molecule has 1 aliphatic rings. The summed E-state index contributed by atoms with van der Waals surface area (Å²) in [6.45, 7) is 1.80. The third-order valence-electron chi connectivity index (χ3n) is 5.60. The lowest BCUT2D eigenvalue weighted by Crippen LogP contribution is -2.28. The lowest BCUT2D eigenvalue weighted by Gasteiger charge is -2.28. The first-order valence-corrected chi connectivity index (χ1v) is 10.8. The molecule has 0 spiro atoms. The molecule has 6 nitrogen and oxygen atoms in total. The van der Waals surface area contributed by atoms with E-state index in [2.05, 4.69) is 20.2 Å². The van der Waals surface area contributed by atoms with Crippen LogP contribution in [0.15, 0.2) is 48.8 Å². The van der Waals surface area contributed by atoms with Crippen LogP contribution in [-0.2, 0) is 0 Å². The van der Waals surface area contributed by atoms with Crippen molar-refractivity contribution in [2.45, 2.75) is 32.1 Å². The summed E-state index contributed by atoms with van der Waals surface area (Å²) >= 11 is 0. The van der Waals surface area contributed by atoms with E-state index in [1.54, 1.807) is 12.4 Å². The molecule has 1 aromatic carbocycles. The number of halogens is 2. The normalized spacial score (nSPS) is 14.5. The molecule has 1 fully saturated rings. The summed E-state index contributed by atoms with van der Waals surface area (Å²) in [4.78, 5) is 23.6. The standard InChI is InChI=1S/C24H25F2N5O/c25-16-7-6-8-17(26)22(16)19-10-9-18(27)23(29-19)24(32)30-20-15-28-12-11-21(20)31-13-4-2-1-3-5-14-31/h6-12,15H,1-5,13-14,27H2,(H,30,32). The Bertz CT molecular complexity index is 1090. The molecule has 2 aromatic heterocycles. The molecule has 3 aromatic rings. The number of nitrogen functional groups attached to an aromatic ring is 1. The van der Waals surface area contributed by atoms with Gasteiger partial charge in [0.15, 0.2) is 5.69 Å². The minimum absolute atomic E-state index is 0.00451. The number of anilines is 3. The molecule has 166 valence electrons. The predicted octanol–water partition coefficient (Wildman–Crippen LogP) is 5.03. The second-order valence-electron chi connectivity index (χ2n) is 7.83. The van der Waals surface area contributed by atoms with Gasteiger partial charge in [-0.2, -0.15) is 0 Å². The van der Waals surface area contributed by atoms with Gasteiger partial charge in [-0.15, -0.1) is 0 Å². The summed E-state index contributed by atoms with van der Waals surface area (Å²) in [7, 11) is 0. The summed E-state index contributed by atoms with van der Waals surface area (Å²) in [5, 5.41) is 2.84. The summed E-state index contributed by atoms with van der Waals surface area (Å²) in [6.07, 6.45) is 9.06. The van der Waals surface area contributed by atoms with E-state index in [0.717, 1.165) is 43.8 Å². The number of hydrogen-bond acceptors (Lipinski definition) is 5. The molecule has 0 atom stereocenters. The fourth-order valence-corrected chi connectivity index (χ4v) is 3.96. The fourth-order valence-electron chi connectivity index (χ4n) is 3.96. The Labute approximate surface area is 185 Å². The third kappa shape index (κ3) is 4.69. The Morgan fingerprint density at radius 2 is 1.66 bits per heavy atom. The van der Waals surface area contributed by atoms with Crippen molar-refractivity contribution in [1.29, 1.82) is 0 Å². The van der Waals surface area contributed by atoms with Gasteiger partial charge in [-0.05, 0) is 43.2 Å². The van der Waals surface area contributed by atoms with Gasteiger partial charge >= 0.3 is 0 Å². The number of hydrogen-bond donors (Lipinski definition) is 2. The van der Waals surface area contributed by atoms with E-state index >= 15 is 0 Å². The first kappa shape index (κ1) is 21.7. The topological polar surface area (TPSA) is 84.1 Å². The lowest BCUT2D eigenvalue weighted by molar-refractivity contribution is 0.102. The average molecular weight is 437 g/mol. The maximum absolute atomic E-state index is 14.2. The molecule has 3 heterocycles. The molecule has 0 unspecified atom stereocenters. The number of rotatable bonds is 4. The highest BCUT2D eigenvalue weighted by Crippen LogP contribution is 2.29. The molecule has 0 radical (unpaired) electrons. The van der Waals surface area contributed by atoms with E-state index in [-0.39, 0.29) is 22.6 Å². The van der Waals surface area contributed by atoms with Crippen LogP contribution in [0.3, 0.4) is 0 Å². The van der Waals surface area contributed by atoms with Gasteiger partial charge in [-0.25, -0.2) is 13.8 Å². The highest BCUT2D eigenvalue weighted by atomic mass is 19.1. The molecule has 0 bridgehead atoms. The first-order valence-electron chi connectivity index (χ1n) is 10.8. The van der Waals surface area contributed by atoms with Crippen LogP contribution in [0.25, 0.3) is 11.3 Å². The number of nitrogens with zero attached hydrogens (tertiary/aromatic N) is 3. The maximum Gasteiger partial charge on any atom is 0.276 e. The van der Waals surface area contributed by atoms with Crippen molar-refractivity contribution >= 4 is 23.0 Å². The van der Waals surface area contributed by atoms with Gasteiger partial charge in [0.25, 0.3) is 5.91 Å². The summed E-state index contributed by atoms with van der Waals surface area (Å²) in [6, 6.07) is 8.24. The van der Waals surface area contributed by atoms with Crippen LogP contribution in [0.1, 0.15) is 42.6 Å². The largest absolute Gasteiger partial charge is 0.397 e. The molecular formula is C24H25F2N5O.